The molecule has 0 aliphatic carbocycles. The highest BCUT2D eigenvalue weighted by atomic mass is 32.2. The van der Waals surface area contributed by atoms with Crippen LogP contribution in [0.15, 0.2) is 47.4 Å². The van der Waals surface area contributed by atoms with Crippen molar-refractivity contribution in [3.8, 4) is 17.2 Å². The molecule has 0 spiro atoms. The third kappa shape index (κ3) is 5.74. The molecule has 1 N–H and O–H groups in total. The fourth-order valence-corrected chi connectivity index (χ4v) is 3.80. The molecule has 1 saturated heterocycles. The SMILES string of the molecule is CCc1ccc(OCCCOc2c(C=C3SC(=S)NC3=O)cccc2OC)cc1. The Morgan fingerprint density at radius 1 is 1.10 bits per heavy atom. The number of amides is 1. The van der Waals surface area contributed by atoms with Crippen molar-refractivity contribution in [2.45, 2.75) is 19.8 Å². The topological polar surface area (TPSA) is 56.8 Å². The van der Waals surface area contributed by atoms with Crippen molar-refractivity contribution in [1.29, 1.82) is 0 Å². The molecular formula is C22H23NO4S2. The normalized spacial score (nSPS) is 14.8. The van der Waals surface area contributed by atoms with E-state index in [2.05, 4.69) is 24.4 Å². The van der Waals surface area contributed by atoms with Gasteiger partial charge in [-0.15, -0.1) is 0 Å². The van der Waals surface area contributed by atoms with Crippen LogP contribution in [0.4, 0.5) is 0 Å². The Kier molecular flexibility index (Phi) is 7.55. The lowest BCUT2D eigenvalue weighted by Crippen LogP contribution is -2.17. The number of aryl methyl sites for hydroxylation is 1. The standard InChI is InChI=1S/C22H23NO4S2/c1-3-15-8-10-17(11-9-15)26-12-5-13-27-20-16(6-4-7-18(20)25-2)14-19-21(24)23-22(28)29-19/h4,6-11,14H,3,5,12-13H2,1-2H3,(H,23,24,28). The van der Waals surface area contributed by atoms with Crippen LogP contribution in [0.3, 0.4) is 0 Å². The van der Waals surface area contributed by atoms with Gasteiger partial charge in [-0.05, 0) is 36.3 Å². The number of para-hydroxylation sites is 1. The molecule has 1 fully saturated rings. The number of rotatable bonds is 9. The molecule has 29 heavy (non-hydrogen) atoms. The molecule has 1 aliphatic rings. The minimum Gasteiger partial charge on any atom is -0.493 e. The van der Waals surface area contributed by atoms with E-state index in [1.165, 1.54) is 17.3 Å². The van der Waals surface area contributed by atoms with E-state index in [1.807, 2.05) is 30.3 Å². The van der Waals surface area contributed by atoms with Crippen LogP contribution in [0.2, 0.25) is 0 Å². The molecular weight excluding hydrogens is 406 g/mol. The van der Waals surface area contributed by atoms with Gasteiger partial charge in [0.05, 0.1) is 25.2 Å². The number of carbonyl (C=O) groups excluding carboxylic acids is 1. The average Bonchev–Trinajstić information content (AvgIpc) is 3.05. The first-order valence-corrected chi connectivity index (χ1v) is 10.6. The van der Waals surface area contributed by atoms with E-state index >= 15 is 0 Å². The van der Waals surface area contributed by atoms with Crippen molar-refractivity contribution in [3.63, 3.8) is 0 Å². The van der Waals surface area contributed by atoms with Gasteiger partial charge in [0.15, 0.2) is 11.5 Å². The first kappa shape index (κ1) is 21.2. The third-order valence-electron chi connectivity index (χ3n) is 4.29. The van der Waals surface area contributed by atoms with Crippen LogP contribution < -0.4 is 19.5 Å². The quantitative estimate of drug-likeness (QED) is 0.357. The minimum absolute atomic E-state index is 0.198. The van der Waals surface area contributed by atoms with Gasteiger partial charge in [-0.2, -0.15) is 0 Å². The van der Waals surface area contributed by atoms with Crippen molar-refractivity contribution >= 4 is 40.3 Å². The van der Waals surface area contributed by atoms with Crippen molar-refractivity contribution < 1.29 is 19.0 Å². The van der Waals surface area contributed by atoms with Gasteiger partial charge in [0.2, 0.25) is 0 Å². The van der Waals surface area contributed by atoms with Crippen LogP contribution in [0.5, 0.6) is 17.2 Å². The van der Waals surface area contributed by atoms with Crippen molar-refractivity contribution in [2.24, 2.45) is 0 Å². The van der Waals surface area contributed by atoms with Crippen molar-refractivity contribution in [1.82, 2.24) is 5.32 Å². The molecule has 0 radical (unpaired) electrons. The molecule has 0 aromatic heterocycles. The largest absolute Gasteiger partial charge is 0.493 e. The Morgan fingerprint density at radius 2 is 1.86 bits per heavy atom. The highest BCUT2D eigenvalue weighted by Gasteiger charge is 2.23. The molecule has 2 aromatic rings. The van der Waals surface area contributed by atoms with Crippen molar-refractivity contribution in [3.05, 3.63) is 58.5 Å². The van der Waals surface area contributed by atoms with Gasteiger partial charge in [0, 0.05) is 12.0 Å². The number of thiocarbonyl (C=S) groups is 1. The van der Waals surface area contributed by atoms with Crippen LogP contribution in [-0.4, -0.2) is 30.6 Å². The fraction of sp³-hybridized carbons (Fsp3) is 0.273. The summed E-state index contributed by atoms with van der Waals surface area (Å²) in [5.74, 6) is 1.86. The second kappa shape index (κ2) is 10.3. The zero-order valence-corrected chi connectivity index (χ0v) is 18.0. The molecule has 1 aliphatic heterocycles. The molecule has 152 valence electrons. The molecule has 2 aromatic carbocycles. The van der Waals surface area contributed by atoms with Gasteiger partial charge in [0.25, 0.3) is 5.91 Å². The monoisotopic (exact) mass is 429 g/mol. The van der Waals surface area contributed by atoms with E-state index in [9.17, 15) is 4.79 Å². The van der Waals surface area contributed by atoms with Crippen LogP contribution in [0.25, 0.3) is 6.08 Å². The van der Waals surface area contributed by atoms with Crippen LogP contribution in [0, 0.1) is 0 Å². The van der Waals surface area contributed by atoms with Gasteiger partial charge in [-0.25, -0.2) is 0 Å². The van der Waals surface area contributed by atoms with E-state index in [-0.39, 0.29) is 5.91 Å². The predicted molar refractivity (Wildman–Crippen MR) is 121 cm³/mol. The molecule has 1 amide bonds. The molecule has 0 unspecified atom stereocenters. The highest BCUT2D eigenvalue weighted by Crippen LogP contribution is 2.35. The van der Waals surface area contributed by atoms with E-state index in [0.717, 1.165) is 17.7 Å². The molecule has 0 atom stereocenters. The Morgan fingerprint density at radius 3 is 2.52 bits per heavy atom. The summed E-state index contributed by atoms with van der Waals surface area (Å²) < 4.78 is 17.6. The first-order valence-electron chi connectivity index (χ1n) is 9.37. The maximum Gasteiger partial charge on any atom is 0.263 e. The molecule has 1 heterocycles. The van der Waals surface area contributed by atoms with E-state index in [0.29, 0.717) is 40.4 Å². The first-order chi connectivity index (χ1) is 14.1. The van der Waals surface area contributed by atoms with E-state index < -0.39 is 0 Å². The maximum atomic E-state index is 12.0. The number of benzene rings is 2. The summed E-state index contributed by atoms with van der Waals surface area (Å²) in [6, 6.07) is 13.7. The molecule has 3 rings (SSSR count). The van der Waals surface area contributed by atoms with Crippen LogP contribution in [-0.2, 0) is 11.2 Å². The number of methoxy groups -OCH3 is 1. The summed E-state index contributed by atoms with van der Waals surface area (Å²) >= 11 is 6.28. The van der Waals surface area contributed by atoms with Crippen LogP contribution in [0.1, 0.15) is 24.5 Å². The maximum absolute atomic E-state index is 12.0. The van der Waals surface area contributed by atoms with Gasteiger partial charge in [0.1, 0.15) is 10.1 Å². The molecule has 0 saturated carbocycles. The number of thioether (sulfide) groups is 1. The van der Waals surface area contributed by atoms with Gasteiger partial charge in [-0.3, -0.25) is 4.79 Å². The average molecular weight is 430 g/mol. The summed E-state index contributed by atoms with van der Waals surface area (Å²) in [6.45, 7) is 3.13. The number of nitrogens with one attached hydrogen (secondary N) is 1. The number of hydrogen-bond donors (Lipinski definition) is 1. The Labute approximate surface area is 180 Å². The lowest BCUT2D eigenvalue weighted by molar-refractivity contribution is -0.115. The molecule has 5 nitrogen and oxygen atoms in total. The summed E-state index contributed by atoms with van der Waals surface area (Å²) in [5.41, 5.74) is 2.05. The van der Waals surface area contributed by atoms with E-state index in [1.54, 1.807) is 13.2 Å². The summed E-state index contributed by atoms with van der Waals surface area (Å²) in [7, 11) is 1.59. The van der Waals surface area contributed by atoms with E-state index in [4.69, 9.17) is 26.4 Å². The smallest absolute Gasteiger partial charge is 0.263 e. The number of hydrogen-bond acceptors (Lipinski definition) is 6. The zero-order valence-electron chi connectivity index (χ0n) is 16.4. The Hall–Kier alpha value is -2.51. The molecule has 7 heteroatoms. The summed E-state index contributed by atoms with van der Waals surface area (Å²) in [4.78, 5) is 12.5. The third-order valence-corrected chi connectivity index (χ3v) is 5.46. The van der Waals surface area contributed by atoms with Crippen molar-refractivity contribution in [2.75, 3.05) is 20.3 Å². The predicted octanol–water partition coefficient (Wildman–Crippen LogP) is 4.59. The van der Waals surface area contributed by atoms with Gasteiger partial charge in [-0.1, -0.05) is 55.2 Å². The fourth-order valence-electron chi connectivity index (χ4n) is 2.77. The Balaban J connectivity index is 1.60. The summed E-state index contributed by atoms with van der Waals surface area (Å²) in [5, 5.41) is 2.62. The lowest BCUT2D eigenvalue weighted by atomic mass is 10.1. The van der Waals surface area contributed by atoms with Gasteiger partial charge >= 0.3 is 0 Å². The highest BCUT2D eigenvalue weighted by molar-refractivity contribution is 8.26. The number of carbonyl (C=O) groups is 1. The summed E-state index contributed by atoms with van der Waals surface area (Å²) in [6.07, 6.45) is 3.49. The number of ether oxygens (including phenoxy) is 3. The molecule has 0 bridgehead atoms. The van der Waals surface area contributed by atoms with Gasteiger partial charge < -0.3 is 19.5 Å². The minimum atomic E-state index is -0.198. The Bertz CT molecular complexity index is 910. The second-order valence-corrected chi connectivity index (χ2v) is 8.00. The lowest BCUT2D eigenvalue weighted by Gasteiger charge is -2.14. The zero-order chi connectivity index (χ0) is 20.6. The second-order valence-electron chi connectivity index (χ2n) is 6.28. The van der Waals surface area contributed by atoms with Crippen LogP contribution >= 0.6 is 24.0 Å².